The van der Waals surface area contributed by atoms with Gasteiger partial charge in [-0.2, -0.15) is 0 Å². The van der Waals surface area contributed by atoms with E-state index < -0.39 is 97.5 Å². The minimum absolute atomic E-state index is 0.102. The Morgan fingerprint density at radius 3 is 0.844 bits per heavy atom. The van der Waals surface area contributed by atoms with Gasteiger partial charge in [0, 0.05) is 25.7 Å². The molecular formula is C71H138O17P2. The molecule has 3 N–H and O–H groups in total. The van der Waals surface area contributed by atoms with E-state index in [1.54, 1.807) is 0 Å². The summed E-state index contributed by atoms with van der Waals surface area (Å²) < 4.78 is 68.2. The SMILES string of the molecule is CCCCCCCCCCCCCCCCCCCCCCC(=O)O[C@H](COC(=O)CCCCCCCCCCC(C)CC)COP(=O)(O)OC[C@@H](O)COP(=O)(O)OC[C@@H](COC(=O)CCCCCCCCCCC)OC(=O)CCCCCCCCC(C)C. The fourth-order valence-corrected chi connectivity index (χ4v) is 12.3. The minimum atomic E-state index is -4.95. The van der Waals surface area contributed by atoms with Crippen molar-refractivity contribution < 1.29 is 80.2 Å². The van der Waals surface area contributed by atoms with Crippen LogP contribution >= 0.6 is 15.6 Å². The molecule has 0 saturated heterocycles. The lowest BCUT2D eigenvalue weighted by Crippen LogP contribution is -2.30. The molecule has 17 nitrogen and oxygen atoms in total. The van der Waals surface area contributed by atoms with Gasteiger partial charge in [0.05, 0.1) is 26.4 Å². The quantitative estimate of drug-likeness (QED) is 0.0222. The fraction of sp³-hybridized carbons (Fsp3) is 0.944. The zero-order valence-electron chi connectivity index (χ0n) is 58.4. The first-order valence-electron chi connectivity index (χ1n) is 37.0. The first-order chi connectivity index (χ1) is 43.4. The number of carbonyl (C=O) groups excluding carboxylic acids is 4. The van der Waals surface area contributed by atoms with Gasteiger partial charge in [-0.3, -0.25) is 37.3 Å². The highest BCUT2D eigenvalue weighted by molar-refractivity contribution is 7.47. The van der Waals surface area contributed by atoms with E-state index in [0.29, 0.717) is 31.6 Å². The van der Waals surface area contributed by atoms with Gasteiger partial charge in [0.2, 0.25) is 0 Å². The average molecular weight is 1330 g/mol. The molecular weight excluding hydrogens is 1190 g/mol. The lowest BCUT2D eigenvalue weighted by molar-refractivity contribution is -0.161. The third-order valence-corrected chi connectivity index (χ3v) is 18.7. The molecule has 0 aromatic carbocycles. The first-order valence-corrected chi connectivity index (χ1v) is 40.0. The fourth-order valence-electron chi connectivity index (χ4n) is 10.7. The van der Waals surface area contributed by atoms with Crippen LogP contribution in [0, 0.1) is 11.8 Å². The second-order valence-corrected chi connectivity index (χ2v) is 29.3. The molecule has 0 saturated carbocycles. The second kappa shape index (κ2) is 63.1. The smallest absolute Gasteiger partial charge is 0.462 e. The molecule has 0 rings (SSSR count). The molecule has 3 unspecified atom stereocenters. The van der Waals surface area contributed by atoms with Crippen LogP contribution in [0.4, 0.5) is 0 Å². The maximum absolute atomic E-state index is 13.0. The Bertz CT molecular complexity index is 1750. The van der Waals surface area contributed by atoms with Crippen molar-refractivity contribution in [3.05, 3.63) is 0 Å². The highest BCUT2D eigenvalue weighted by atomic mass is 31.2. The van der Waals surface area contributed by atoms with Crippen molar-refractivity contribution in [2.75, 3.05) is 39.6 Å². The Labute approximate surface area is 549 Å². The lowest BCUT2D eigenvalue weighted by Gasteiger charge is -2.21. The van der Waals surface area contributed by atoms with Crippen molar-refractivity contribution in [1.82, 2.24) is 0 Å². The highest BCUT2D eigenvalue weighted by Crippen LogP contribution is 2.45. The normalized spacial score (nSPS) is 14.4. The van der Waals surface area contributed by atoms with E-state index in [-0.39, 0.29) is 25.7 Å². The molecule has 0 aliphatic rings. The van der Waals surface area contributed by atoms with Crippen LogP contribution in [0.1, 0.15) is 363 Å². The van der Waals surface area contributed by atoms with Crippen molar-refractivity contribution >= 4 is 39.5 Å². The number of hydrogen-bond donors (Lipinski definition) is 3. The molecule has 0 amide bonds. The number of phosphoric acid groups is 2. The zero-order valence-corrected chi connectivity index (χ0v) is 60.2. The lowest BCUT2D eigenvalue weighted by atomic mass is 9.99. The summed E-state index contributed by atoms with van der Waals surface area (Å²) in [5, 5.41) is 10.6. The van der Waals surface area contributed by atoms with Gasteiger partial charge in [-0.1, -0.05) is 311 Å². The summed E-state index contributed by atoms with van der Waals surface area (Å²) in [5.74, 6) is -0.683. The molecule has 0 fully saturated rings. The van der Waals surface area contributed by atoms with Gasteiger partial charge in [0.1, 0.15) is 19.3 Å². The van der Waals surface area contributed by atoms with Gasteiger partial charge in [-0.05, 0) is 37.5 Å². The van der Waals surface area contributed by atoms with E-state index >= 15 is 0 Å². The van der Waals surface area contributed by atoms with Gasteiger partial charge >= 0.3 is 39.5 Å². The summed E-state index contributed by atoms with van der Waals surface area (Å²) in [4.78, 5) is 72.4. The number of hydrogen-bond acceptors (Lipinski definition) is 15. The molecule has 0 aliphatic carbocycles. The van der Waals surface area contributed by atoms with Gasteiger partial charge in [0.25, 0.3) is 0 Å². The molecule has 0 aromatic heterocycles. The summed E-state index contributed by atoms with van der Waals surface area (Å²) in [6.07, 6.45) is 48.9. The van der Waals surface area contributed by atoms with Crippen LogP contribution in [0.3, 0.4) is 0 Å². The third kappa shape index (κ3) is 63.5. The second-order valence-electron chi connectivity index (χ2n) is 26.3. The van der Waals surface area contributed by atoms with E-state index in [2.05, 4.69) is 41.5 Å². The van der Waals surface area contributed by atoms with Crippen LogP contribution in [0.15, 0.2) is 0 Å². The van der Waals surface area contributed by atoms with E-state index in [1.165, 1.54) is 180 Å². The molecule has 0 radical (unpaired) electrons. The van der Waals surface area contributed by atoms with Gasteiger partial charge in [-0.15, -0.1) is 0 Å². The van der Waals surface area contributed by atoms with Gasteiger partial charge in [0.15, 0.2) is 12.2 Å². The van der Waals surface area contributed by atoms with Crippen LogP contribution in [0.2, 0.25) is 0 Å². The van der Waals surface area contributed by atoms with Crippen molar-refractivity contribution in [3.8, 4) is 0 Å². The van der Waals surface area contributed by atoms with Crippen molar-refractivity contribution in [3.63, 3.8) is 0 Å². The molecule has 0 spiro atoms. The molecule has 534 valence electrons. The van der Waals surface area contributed by atoms with Crippen LogP contribution in [-0.4, -0.2) is 96.7 Å². The van der Waals surface area contributed by atoms with Crippen molar-refractivity contribution in [2.45, 2.75) is 381 Å². The number of aliphatic hydroxyl groups excluding tert-OH is 1. The first kappa shape index (κ1) is 88.1. The Balaban J connectivity index is 5.17. The third-order valence-electron chi connectivity index (χ3n) is 16.8. The Hall–Kier alpha value is -1.94. The standard InChI is InChI=1S/C71H138O17P2/c1-7-10-12-14-16-18-19-20-21-22-23-24-25-26-27-28-30-36-43-49-55-70(75)87-66(59-82-69(74)54-48-42-35-32-31-33-40-46-52-64(6)9-3)61-85-89(77,78)83-57-65(72)58-84-90(79,80)86-62-67(88-71(76)56-50-44-38-37-39-45-51-63(4)5)60-81-68(73)53-47-41-34-29-17-15-13-11-8-2/h63-67,72H,7-62H2,1-6H3,(H,77,78)(H,79,80)/t64?,65-,66-,67-/m1/s1. The van der Waals surface area contributed by atoms with Gasteiger partial charge in [-0.25, -0.2) is 9.13 Å². The maximum Gasteiger partial charge on any atom is 0.472 e. The molecule has 90 heavy (non-hydrogen) atoms. The topological polar surface area (TPSA) is 237 Å². The molecule has 6 atom stereocenters. The van der Waals surface area contributed by atoms with Crippen LogP contribution in [0.25, 0.3) is 0 Å². The predicted molar refractivity (Wildman–Crippen MR) is 363 cm³/mol. The van der Waals surface area contributed by atoms with E-state index in [1.807, 2.05) is 0 Å². The number of rotatable bonds is 70. The van der Waals surface area contributed by atoms with E-state index in [0.717, 1.165) is 95.8 Å². The highest BCUT2D eigenvalue weighted by Gasteiger charge is 2.30. The average Bonchev–Trinajstić information content (AvgIpc) is 3.72. The summed E-state index contributed by atoms with van der Waals surface area (Å²) in [6.45, 7) is 9.44. The van der Waals surface area contributed by atoms with Gasteiger partial charge < -0.3 is 33.8 Å². The summed E-state index contributed by atoms with van der Waals surface area (Å²) in [7, 11) is -9.90. The molecule has 0 aromatic rings. The summed E-state index contributed by atoms with van der Waals surface area (Å²) in [6, 6.07) is 0. The Morgan fingerprint density at radius 1 is 0.322 bits per heavy atom. The van der Waals surface area contributed by atoms with E-state index in [9.17, 15) is 43.2 Å². The molecule has 19 heteroatoms. The number of unbranched alkanes of at least 4 members (excludes halogenated alkanes) is 39. The maximum atomic E-state index is 13.0. The van der Waals surface area contributed by atoms with Crippen LogP contribution in [-0.2, 0) is 65.4 Å². The monoisotopic (exact) mass is 1320 g/mol. The Kier molecular flexibility index (Phi) is 61.8. The van der Waals surface area contributed by atoms with Crippen molar-refractivity contribution in [2.24, 2.45) is 11.8 Å². The molecule has 0 bridgehead atoms. The molecule has 0 heterocycles. The number of phosphoric ester groups is 2. The molecule has 0 aliphatic heterocycles. The number of ether oxygens (including phenoxy) is 4. The zero-order chi connectivity index (χ0) is 66.5. The minimum Gasteiger partial charge on any atom is -0.462 e. The number of esters is 4. The predicted octanol–water partition coefficient (Wildman–Crippen LogP) is 20.4. The van der Waals surface area contributed by atoms with Crippen molar-refractivity contribution in [1.29, 1.82) is 0 Å². The number of carbonyl (C=O) groups is 4. The Morgan fingerprint density at radius 2 is 0.567 bits per heavy atom. The summed E-state index contributed by atoms with van der Waals surface area (Å²) in [5.41, 5.74) is 0. The summed E-state index contributed by atoms with van der Waals surface area (Å²) >= 11 is 0. The van der Waals surface area contributed by atoms with E-state index in [4.69, 9.17) is 37.0 Å². The number of aliphatic hydroxyl groups is 1. The van der Waals surface area contributed by atoms with Crippen LogP contribution < -0.4 is 0 Å². The largest absolute Gasteiger partial charge is 0.472 e. The van der Waals surface area contributed by atoms with Crippen LogP contribution in [0.5, 0.6) is 0 Å².